The average Bonchev–Trinajstić information content (AvgIpc) is 2.52. The van der Waals surface area contributed by atoms with Crippen molar-refractivity contribution in [3.05, 3.63) is 41.5 Å². The fourth-order valence-electron chi connectivity index (χ4n) is 3.44. The fraction of sp³-hybridized carbons (Fsp3) is 0.357. The molecule has 0 radical (unpaired) electrons. The van der Waals surface area contributed by atoms with Crippen LogP contribution in [0.5, 0.6) is 0 Å². The van der Waals surface area contributed by atoms with Gasteiger partial charge in [-0.25, -0.2) is 0 Å². The molecule has 2 aliphatic rings. The lowest BCUT2D eigenvalue weighted by molar-refractivity contribution is -0.139. The van der Waals surface area contributed by atoms with Crippen molar-refractivity contribution in [2.45, 2.75) is 19.3 Å². The molecule has 2 atom stereocenters. The zero-order valence-electron chi connectivity index (χ0n) is 9.81. The summed E-state index contributed by atoms with van der Waals surface area (Å²) in [5, 5.41) is 9.31. The molecule has 1 fully saturated rings. The van der Waals surface area contributed by atoms with Gasteiger partial charge in [0.15, 0.2) is 0 Å². The van der Waals surface area contributed by atoms with Gasteiger partial charge in [0.2, 0.25) is 0 Å². The Morgan fingerprint density at radius 1 is 1.29 bits per heavy atom. The summed E-state index contributed by atoms with van der Waals surface area (Å²) in [4.78, 5) is 11.3. The zero-order chi connectivity index (χ0) is 11.6. The van der Waals surface area contributed by atoms with Crippen LogP contribution in [-0.2, 0) is 10.2 Å². The minimum atomic E-state index is -0.689. The van der Waals surface area contributed by atoms with E-state index in [-0.39, 0.29) is 29.2 Å². The van der Waals surface area contributed by atoms with Gasteiger partial charge in [-0.3, -0.25) is 4.79 Å². The molecule has 17 heavy (non-hydrogen) atoms. The Hall–Kier alpha value is -1.28. The molecule has 1 saturated carbocycles. The fourth-order valence-corrected chi connectivity index (χ4v) is 3.44. The topological polar surface area (TPSA) is 37.3 Å². The first-order valence-electron chi connectivity index (χ1n) is 5.53. The van der Waals surface area contributed by atoms with E-state index in [1.54, 1.807) is 0 Å². The Balaban J connectivity index is 0.00000108. The first kappa shape index (κ1) is 12.2. The third kappa shape index (κ3) is 1.19. The van der Waals surface area contributed by atoms with Crippen molar-refractivity contribution in [3.63, 3.8) is 0 Å². The Kier molecular flexibility index (Phi) is 2.41. The molecule has 0 saturated heterocycles. The lowest BCUT2D eigenvalue weighted by Gasteiger charge is -2.13. The average molecular weight is 251 g/mol. The summed E-state index contributed by atoms with van der Waals surface area (Å²) < 4.78 is 0. The van der Waals surface area contributed by atoms with Crippen LogP contribution in [0, 0.1) is 11.3 Å². The van der Waals surface area contributed by atoms with Gasteiger partial charge in [0.05, 0.1) is 5.92 Å². The number of rotatable bonds is 1. The van der Waals surface area contributed by atoms with Gasteiger partial charge in [0.25, 0.3) is 0 Å². The number of carbonyl (C=O) groups is 1. The van der Waals surface area contributed by atoms with Gasteiger partial charge in [-0.2, -0.15) is 0 Å². The molecule has 1 spiro atoms. The van der Waals surface area contributed by atoms with Gasteiger partial charge < -0.3 is 5.11 Å². The van der Waals surface area contributed by atoms with Gasteiger partial charge in [0.1, 0.15) is 0 Å². The highest BCUT2D eigenvalue weighted by Gasteiger charge is 2.75. The molecule has 0 amide bonds. The summed E-state index contributed by atoms with van der Waals surface area (Å²) in [5.74, 6) is -0.980. The van der Waals surface area contributed by atoms with E-state index in [1.807, 2.05) is 32.0 Å². The second-order valence-corrected chi connectivity index (χ2v) is 5.28. The van der Waals surface area contributed by atoms with Crippen molar-refractivity contribution in [2.75, 3.05) is 0 Å². The number of halogens is 1. The molecule has 3 heteroatoms. The molecule has 2 nitrogen and oxygen atoms in total. The summed E-state index contributed by atoms with van der Waals surface area (Å²) in [6, 6.07) is 8.09. The number of carboxylic acids is 1. The van der Waals surface area contributed by atoms with E-state index < -0.39 is 5.97 Å². The number of benzene rings is 1. The molecule has 90 valence electrons. The first-order valence-corrected chi connectivity index (χ1v) is 5.53. The molecular formula is C14H15ClO2. The lowest BCUT2D eigenvalue weighted by atomic mass is 9.90. The van der Waals surface area contributed by atoms with E-state index in [0.717, 1.165) is 0 Å². The number of hydrogen-bond acceptors (Lipinski definition) is 1. The SMILES string of the molecule is CC1(C)C(C(=O)O)C12C=Cc1ccccc12.Cl. The van der Waals surface area contributed by atoms with Gasteiger partial charge in [-0.05, 0) is 16.5 Å². The third-order valence-electron chi connectivity index (χ3n) is 4.34. The molecule has 1 aromatic rings. The van der Waals surface area contributed by atoms with Crippen molar-refractivity contribution in [1.29, 1.82) is 0 Å². The highest BCUT2D eigenvalue weighted by molar-refractivity contribution is 5.85. The van der Waals surface area contributed by atoms with Gasteiger partial charge in [0, 0.05) is 5.41 Å². The molecule has 0 bridgehead atoms. The van der Waals surface area contributed by atoms with E-state index in [1.165, 1.54) is 11.1 Å². The van der Waals surface area contributed by atoms with E-state index in [9.17, 15) is 9.90 Å². The lowest BCUT2D eigenvalue weighted by Crippen LogP contribution is -2.11. The smallest absolute Gasteiger partial charge is 0.308 e. The van der Waals surface area contributed by atoms with Gasteiger partial charge in [-0.1, -0.05) is 50.3 Å². The second-order valence-electron chi connectivity index (χ2n) is 5.28. The number of allylic oxidation sites excluding steroid dienone is 1. The molecule has 0 aliphatic heterocycles. The second kappa shape index (κ2) is 3.36. The zero-order valence-corrected chi connectivity index (χ0v) is 10.6. The van der Waals surface area contributed by atoms with Crippen LogP contribution in [0.4, 0.5) is 0 Å². The van der Waals surface area contributed by atoms with Gasteiger partial charge >= 0.3 is 5.97 Å². The number of fused-ring (bicyclic) bond motifs is 2. The molecule has 0 heterocycles. The minimum absolute atomic E-state index is 0. The van der Waals surface area contributed by atoms with Crippen molar-refractivity contribution >= 4 is 24.5 Å². The van der Waals surface area contributed by atoms with Crippen molar-refractivity contribution < 1.29 is 9.90 Å². The Labute approximate surface area is 107 Å². The predicted molar refractivity (Wildman–Crippen MR) is 69.3 cm³/mol. The number of aliphatic carboxylic acids is 1. The van der Waals surface area contributed by atoms with Crippen LogP contribution in [0.1, 0.15) is 25.0 Å². The van der Waals surface area contributed by atoms with Crippen molar-refractivity contribution in [1.82, 2.24) is 0 Å². The molecule has 3 rings (SSSR count). The summed E-state index contributed by atoms with van der Waals surface area (Å²) in [6.45, 7) is 4.08. The van der Waals surface area contributed by atoms with Crippen LogP contribution < -0.4 is 0 Å². The highest BCUT2D eigenvalue weighted by atomic mass is 35.5. The predicted octanol–water partition coefficient (Wildman–Crippen LogP) is 3.11. The van der Waals surface area contributed by atoms with Crippen molar-refractivity contribution in [3.8, 4) is 0 Å². The third-order valence-corrected chi connectivity index (χ3v) is 4.34. The maximum absolute atomic E-state index is 11.3. The van der Waals surface area contributed by atoms with Crippen LogP contribution >= 0.6 is 12.4 Å². The van der Waals surface area contributed by atoms with Gasteiger partial charge in [-0.15, -0.1) is 12.4 Å². The number of carboxylic acid groups (broad SMARTS) is 1. The monoisotopic (exact) mass is 250 g/mol. The Bertz CT molecular complexity index is 519. The van der Waals surface area contributed by atoms with Crippen LogP contribution in [0.15, 0.2) is 30.3 Å². The summed E-state index contributed by atoms with van der Waals surface area (Å²) in [6.07, 6.45) is 4.14. The van der Waals surface area contributed by atoms with E-state index in [2.05, 4.69) is 18.2 Å². The van der Waals surface area contributed by atoms with Crippen LogP contribution in [0.25, 0.3) is 6.08 Å². The van der Waals surface area contributed by atoms with E-state index in [0.29, 0.717) is 0 Å². The quantitative estimate of drug-likeness (QED) is 0.832. The van der Waals surface area contributed by atoms with Crippen LogP contribution in [0.3, 0.4) is 0 Å². The summed E-state index contributed by atoms with van der Waals surface area (Å²) in [5.41, 5.74) is 1.89. The molecule has 1 aromatic carbocycles. The standard InChI is InChI=1S/C14H14O2.ClH/c1-13(2)11(12(15)16)14(13)8-7-9-5-3-4-6-10(9)14;/h3-8,11H,1-2H3,(H,15,16);1H. The molecule has 1 N–H and O–H groups in total. The molecule has 2 unspecified atom stereocenters. The van der Waals surface area contributed by atoms with E-state index >= 15 is 0 Å². The molecule has 2 aliphatic carbocycles. The maximum Gasteiger partial charge on any atom is 0.308 e. The normalized spacial score (nSPS) is 30.8. The molecule has 0 aromatic heterocycles. The minimum Gasteiger partial charge on any atom is -0.481 e. The first-order chi connectivity index (χ1) is 7.52. The Morgan fingerprint density at radius 3 is 2.53 bits per heavy atom. The van der Waals surface area contributed by atoms with Crippen molar-refractivity contribution in [2.24, 2.45) is 11.3 Å². The number of hydrogen-bond donors (Lipinski definition) is 1. The van der Waals surface area contributed by atoms with Crippen LogP contribution in [0.2, 0.25) is 0 Å². The summed E-state index contributed by atoms with van der Waals surface area (Å²) >= 11 is 0. The van der Waals surface area contributed by atoms with Crippen LogP contribution in [-0.4, -0.2) is 11.1 Å². The highest BCUT2D eigenvalue weighted by Crippen LogP contribution is 2.72. The maximum atomic E-state index is 11.3. The largest absolute Gasteiger partial charge is 0.481 e. The Morgan fingerprint density at radius 2 is 1.94 bits per heavy atom. The molecular weight excluding hydrogens is 236 g/mol. The van der Waals surface area contributed by atoms with E-state index in [4.69, 9.17) is 0 Å². The summed E-state index contributed by atoms with van der Waals surface area (Å²) in [7, 11) is 0.